The summed E-state index contributed by atoms with van der Waals surface area (Å²) in [4.78, 5) is 0. The molecule has 0 unspecified atom stereocenters. The van der Waals surface area contributed by atoms with Gasteiger partial charge in [-0.1, -0.05) is 33.1 Å². The first-order chi connectivity index (χ1) is 8.06. The molecule has 0 saturated heterocycles. The van der Waals surface area contributed by atoms with Gasteiger partial charge in [-0.15, -0.1) is 10.2 Å². The van der Waals surface area contributed by atoms with Crippen molar-refractivity contribution >= 4 is 0 Å². The van der Waals surface area contributed by atoms with Crippen LogP contribution in [0.3, 0.4) is 0 Å². The van der Waals surface area contributed by atoms with Crippen LogP contribution < -0.4 is 5.73 Å². The molecule has 17 heavy (non-hydrogen) atoms. The molecule has 0 aliphatic heterocycles. The molecule has 2 N–H and O–H groups in total. The topological polar surface area (TPSA) is 56.7 Å². The zero-order chi connectivity index (χ0) is 12.5. The average Bonchev–Trinajstić information content (AvgIpc) is 2.73. The molecular formula is C13H24N4. The summed E-state index contributed by atoms with van der Waals surface area (Å²) in [5, 5.41) is 8.63. The van der Waals surface area contributed by atoms with Gasteiger partial charge in [0.05, 0.1) is 0 Å². The molecule has 0 atom stereocenters. The predicted octanol–water partition coefficient (Wildman–Crippen LogP) is 2.33. The maximum absolute atomic E-state index is 5.86. The standard InChI is InChI=1S/C13H24N4/c1-10-15-16-12(13(2,3)9-14)17(10)11-7-5-4-6-8-11/h11H,4-9,14H2,1-3H3. The van der Waals surface area contributed by atoms with Gasteiger partial charge in [0.2, 0.25) is 0 Å². The van der Waals surface area contributed by atoms with E-state index in [0.717, 1.165) is 11.6 Å². The molecule has 4 nitrogen and oxygen atoms in total. The second-order valence-corrected chi connectivity index (χ2v) is 5.82. The lowest BCUT2D eigenvalue weighted by molar-refractivity contribution is 0.323. The number of nitrogens with zero attached hydrogens (tertiary/aromatic N) is 3. The van der Waals surface area contributed by atoms with Crippen molar-refractivity contribution in [3.8, 4) is 0 Å². The minimum Gasteiger partial charge on any atom is -0.329 e. The smallest absolute Gasteiger partial charge is 0.140 e. The van der Waals surface area contributed by atoms with Gasteiger partial charge in [-0.3, -0.25) is 0 Å². The van der Waals surface area contributed by atoms with Crippen molar-refractivity contribution < 1.29 is 0 Å². The summed E-state index contributed by atoms with van der Waals surface area (Å²) in [7, 11) is 0. The highest BCUT2D eigenvalue weighted by molar-refractivity contribution is 5.09. The van der Waals surface area contributed by atoms with E-state index in [-0.39, 0.29) is 5.41 Å². The Kier molecular flexibility index (Phi) is 3.52. The first kappa shape index (κ1) is 12.6. The van der Waals surface area contributed by atoms with Crippen LogP contribution in [0.4, 0.5) is 0 Å². The fourth-order valence-electron chi connectivity index (χ4n) is 2.70. The maximum atomic E-state index is 5.86. The number of rotatable bonds is 3. The quantitative estimate of drug-likeness (QED) is 0.876. The van der Waals surface area contributed by atoms with Crippen molar-refractivity contribution in [2.45, 2.75) is 64.3 Å². The number of aryl methyl sites for hydroxylation is 1. The van der Waals surface area contributed by atoms with Crippen LogP contribution in [0.5, 0.6) is 0 Å². The molecule has 1 aromatic rings. The highest BCUT2D eigenvalue weighted by Crippen LogP contribution is 2.32. The van der Waals surface area contributed by atoms with E-state index in [1.165, 1.54) is 32.1 Å². The largest absolute Gasteiger partial charge is 0.329 e. The van der Waals surface area contributed by atoms with Crippen LogP contribution in [0.25, 0.3) is 0 Å². The third-order valence-electron chi connectivity index (χ3n) is 3.92. The lowest BCUT2D eigenvalue weighted by Crippen LogP contribution is -2.33. The number of nitrogens with two attached hydrogens (primary N) is 1. The third-order valence-corrected chi connectivity index (χ3v) is 3.92. The summed E-state index contributed by atoms with van der Waals surface area (Å²) >= 11 is 0. The fraction of sp³-hybridized carbons (Fsp3) is 0.846. The van der Waals surface area contributed by atoms with E-state index < -0.39 is 0 Å². The monoisotopic (exact) mass is 236 g/mol. The van der Waals surface area contributed by atoms with Gasteiger partial charge in [-0.05, 0) is 19.8 Å². The molecule has 2 rings (SSSR count). The van der Waals surface area contributed by atoms with Crippen molar-refractivity contribution in [2.24, 2.45) is 5.73 Å². The average molecular weight is 236 g/mol. The summed E-state index contributed by atoms with van der Waals surface area (Å²) < 4.78 is 2.34. The molecule has 0 radical (unpaired) electrons. The zero-order valence-corrected chi connectivity index (χ0v) is 11.2. The normalized spacial score (nSPS) is 18.6. The van der Waals surface area contributed by atoms with Crippen LogP contribution in [0.1, 0.15) is 63.6 Å². The van der Waals surface area contributed by atoms with Crippen LogP contribution in [0, 0.1) is 6.92 Å². The Balaban J connectivity index is 2.35. The van der Waals surface area contributed by atoms with Crippen LogP contribution in [0.2, 0.25) is 0 Å². The van der Waals surface area contributed by atoms with Crippen LogP contribution >= 0.6 is 0 Å². The van der Waals surface area contributed by atoms with E-state index in [1.807, 2.05) is 0 Å². The molecule has 1 saturated carbocycles. The second-order valence-electron chi connectivity index (χ2n) is 5.82. The minimum atomic E-state index is -0.0846. The Morgan fingerprint density at radius 3 is 2.47 bits per heavy atom. The van der Waals surface area contributed by atoms with E-state index in [4.69, 9.17) is 5.73 Å². The van der Waals surface area contributed by atoms with Crippen LogP contribution in [-0.4, -0.2) is 21.3 Å². The Morgan fingerprint density at radius 1 is 1.24 bits per heavy atom. The van der Waals surface area contributed by atoms with Crippen molar-refractivity contribution in [1.29, 1.82) is 0 Å². The lowest BCUT2D eigenvalue weighted by Gasteiger charge is -2.30. The summed E-state index contributed by atoms with van der Waals surface area (Å²) in [6.07, 6.45) is 6.53. The number of hydrogen-bond donors (Lipinski definition) is 1. The Hall–Kier alpha value is -0.900. The molecule has 1 aromatic heterocycles. The molecule has 1 aliphatic rings. The molecule has 0 spiro atoms. The SMILES string of the molecule is Cc1nnc(C(C)(C)CN)n1C1CCCCC1. The second kappa shape index (κ2) is 4.77. The molecule has 96 valence electrons. The van der Waals surface area contributed by atoms with Gasteiger partial charge in [-0.25, -0.2) is 0 Å². The van der Waals surface area contributed by atoms with E-state index in [1.54, 1.807) is 0 Å². The zero-order valence-electron chi connectivity index (χ0n) is 11.2. The van der Waals surface area contributed by atoms with Gasteiger partial charge >= 0.3 is 0 Å². The highest BCUT2D eigenvalue weighted by Gasteiger charge is 2.29. The third kappa shape index (κ3) is 2.37. The lowest BCUT2D eigenvalue weighted by atomic mass is 9.90. The minimum absolute atomic E-state index is 0.0846. The molecule has 0 bridgehead atoms. The molecule has 0 aromatic carbocycles. The van der Waals surface area contributed by atoms with Crippen LogP contribution in [-0.2, 0) is 5.41 Å². The first-order valence-electron chi connectivity index (χ1n) is 6.68. The Morgan fingerprint density at radius 2 is 1.88 bits per heavy atom. The molecular weight excluding hydrogens is 212 g/mol. The molecule has 4 heteroatoms. The Bertz CT molecular complexity index is 375. The highest BCUT2D eigenvalue weighted by atomic mass is 15.3. The number of aromatic nitrogens is 3. The van der Waals surface area contributed by atoms with Crippen molar-refractivity contribution in [3.05, 3.63) is 11.6 Å². The van der Waals surface area contributed by atoms with Crippen LogP contribution in [0.15, 0.2) is 0 Å². The van der Waals surface area contributed by atoms with Crippen molar-refractivity contribution in [2.75, 3.05) is 6.54 Å². The van der Waals surface area contributed by atoms with Crippen molar-refractivity contribution in [1.82, 2.24) is 14.8 Å². The number of hydrogen-bond acceptors (Lipinski definition) is 3. The molecule has 1 aliphatic carbocycles. The first-order valence-corrected chi connectivity index (χ1v) is 6.68. The molecule has 0 amide bonds. The molecule has 1 heterocycles. The van der Waals surface area contributed by atoms with Gasteiger partial charge in [0.25, 0.3) is 0 Å². The van der Waals surface area contributed by atoms with E-state index >= 15 is 0 Å². The predicted molar refractivity (Wildman–Crippen MR) is 69.0 cm³/mol. The van der Waals surface area contributed by atoms with E-state index in [9.17, 15) is 0 Å². The Labute approximate surface area is 104 Å². The fourth-order valence-corrected chi connectivity index (χ4v) is 2.70. The van der Waals surface area contributed by atoms with E-state index in [0.29, 0.717) is 12.6 Å². The summed E-state index contributed by atoms with van der Waals surface area (Å²) in [6, 6.07) is 0.583. The van der Waals surface area contributed by atoms with E-state index in [2.05, 4.69) is 35.5 Å². The van der Waals surface area contributed by atoms with Gasteiger partial charge in [-0.2, -0.15) is 0 Å². The van der Waals surface area contributed by atoms with Gasteiger partial charge < -0.3 is 10.3 Å². The van der Waals surface area contributed by atoms with Gasteiger partial charge in [0.1, 0.15) is 11.6 Å². The summed E-state index contributed by atoms with van der Waals surface area (Å²) in [5.41, 5.74) is 5.78. The summed E-state index contributed by atoms with van der Waals surface area (Å²) in [5.74, 6) is 2.10. The van der Waals surface area contributed by atoms with Gasteiger partial charge in [0, 0.05) is 18.0 Å². The maximum Gasteiger partial charge on any atom is 0.140 e. The van der Waals surface area contributed by atoms with Crippen molar-refractivity contribution in [3.63, 3.8) is 0 Å². The van der Waals surface area contributed by atoms with Gasteiger partial charge in [0.15, 0.2) is 0 Å². The summed E-state index contributed by atoms with van der Waals surface area (Å²) in [6.45, 7) is 6.96. The molecule has 1 fully saturated rings.